The van der Waals surface area contributed by atoms with Gasteiger partial charge < -0.3 is 37.2 Å². The molecule has 0 aliphatic carbocycles. The summed E-state index contributed by atoms with van der Waals surface area (Å²) in [5.74, 6) is -5.87. The Balaban J connectivity index is 5.39. The molecule has 212 valence electrons. The third-order valence-electron chi connectivity index (χ3n) is 5.57. The summed E-state index contributed by atoms with van der Waals surface area (Å²) in [6.07, 6.45) is -0.275. The fraction of sp³-hybridized carbons (Fsp3) is 0.750. The van der Waals surface area contributed by atoms with Crippen molar-refractivity contribution in [2.24, 2.45) is 23.5 Å². The van der Waals surface area contributed by atoms with E-state index in [4.69, 9.17) is 10.8 Å². The molecule has 37 heavy (non-hydrogen) atoms. The molecule has 4 amide bonds. The van der Waals surface area contributed by atoms with E-state index in [1.54, 1.807) is 27.7 Å². The second kappa shape index (κ2) is 15.8. The Hall–Kier alpha value is -3.22. The number of amides is 4. The minimum atomic E-state index is -1.25. The molecule has 0 heterocycles. The van der Waals surface area contributed by atoms with Gasteiger partial charge in [0, 0.05) is 6.42 Å². The van der Waals surface area contributed by atoms with Gasteiger partial charge in [0.25, 0.3) is 0 Å². The quantitative estimate of drug-likeness (QED) is 0.138. The van der Waals surface area contributed by atoms with E-state index in [1.165, 1.54) is 6.92 Å². The third kappa shape index (κ3) is 12.5. The molecule has 0 spiro atoms. The van der Waals surface area contributed by atoms with Crippen molar-refractivity contribution in [3.8, 4) is 0 Å². The second-order valence-corrected chi connectivity index (χ2v) is 10.3. The summed E-state index contributed by atoms with van der Waals surface area (Å²) in [6, 6.07) is -5.53. The number of carboxylic acids is 2. The highest BCUT2D eigenvalue weighted by molar-refractivity contribution is 5.95. The van der Waals surface area contributed by atoms with Crippen molar-refractivity contribution in [1.29, 1.82) is 0 Å². The molecule has 13 heteroatoms. The lowest BCUT2D eigenvalue weighted by Gasteiger charge is -2.27. The Labute approximate surface area is 217 Å². The molecule has 0 saturated heterocycles. The summed E-state index contributed by atoms with van der Waals surface area (Å²) in [5.41, 5.74) is 5.86. The van der Waals surface area contributed by atoms with E-state index >= 15 is 0 Å². The van der Waals surface area contributed by atoms with E-state index < -0.39 is 84.0 Å². The first-order valence-corrected chi connectivity index (χ1v) is 12.4. The highest BCUT2D eigenvalue weighted by Crippen LogP contribution is 2.08. The average molecular weight is 530 g/mol. The summed E-state index contributed by atoms with van der Waals surface area (Å²) in [4.78, 5) is 73.2. The van der Waals surface area contributed by atoms with Crippen molar-refractivity contribution >= 4 is 35.6 Å². The number of aliphatic carboxylic acids is 2. The van der Waals surface area contributed by atoms with Crippen LogP contribution in [0.15, 0.2) is 0 Å². The Morgan fingerprint density at radius 2 is 1.19 bits per heavy atom. The molecule has 0 fully saturated rings. The largest absolute Gasteiger partial charge is 0.481 e. The number of hydrogen-bond donors (Lipinski definition) is 7. The van der Waals surface area contributed by atoms with Gasteiger partial charge in [-0.05, 0) is 37.5 Å². The van der Waals surface area contributed by atoms with Crippen LogP contribution in [0.25, 0.3) is 0 Å². The van der Waals surface area contributed by atoms with Crippen LogP contribution in [0.5, 0.6) is 0 Å². The van der Waals surface area contributed by atoms with E-state index in [0.717, 1.165) is 0 Å². The maximum absolute atomic E-state index is 12.8. The molecule has 0 radical (unpaired) electrons. The molecule has 0 rings (SSSR count). The van der Waals surface area contributed by atoms with E-state index in [2.05, 4.69) is 21.3 Å². The molecule has 0 aromatic rings. The Morgan fingerprint density at radius 3 is 1.62 bits per heavy atom. The lowest BCUT2D eigenvalue weighted by atomic mass is 10.00. The van der Waals surface area contributed by atoms with Gasteiger partial charge >= 0.3 is 11.9 Å². The van der Waals surface area contributed by atoms with Crippen LogP contribution in [0, 0.1) is 17.8 Å². The number of nitrogens with one attached hydrogen (secondary N) is 4. The molecule has 0 aliphatic rings. The summed E-state index contributed by atoms with van der Waals surface area (Å²) < 4.78 is 0. The minimum absolute atomic E-state index is 0.119. The summed E-state index contributed by atoms with van der Waals surface area (Å²) in [5, 5.41) is 28.1. The molecule has 0 saturated carbocycles. The first kappa shape index (κ1) is 33.8. The van der Waals surface area contributed by atoms with E-state index in [1.807, 2.05) is 13.8 Å². The molecule has 0 unspecified atom stereocenters. The van der Waals surface area contributed by atoms with Crippen molar-refractivity contribution in [1.82, 2.24) is 21.3 Å². The molecule has 0 aliphatic heterocycles. The number of hydrogen-bond acceptors (Lipinski definition) is 7. The molecule has 0 aromatic carbocycles. The number of carbonyl (C=O) groups excluding carboxylic acids is 4. The average Bonchev–Trinajstić information content (AvgIpc) is 2.76. The van der Waals surface area contributed by atoms with Gasteiger partial charge in [0.05, 0.1) is 6.04 Å². The van der Waals surface area contributed by atoms with Crippen LogP contribution in [0.2, 0.25) is 0 Å². The molecule has 13 nitrogen and oxygen atoms in total. The van der Waals surface area contributed by atoms with Crippen LogP contribution in [0.3, 0.4) is 0 Å². The van der Waals surface area contributed by atoms with Crippen molar-refractivity contribution in [3.63, 3.8) is 0 Å². The zero-order valence-corrected chi connectivity index (χ0v) is 22.7. The number of carboxylic acid groups (broad SMARTS) is 2. The summed E-state index contributed by atoms with van der Waals surface area (Å²) >= 11 is 0. The van der Waals surface area contributed by atoms with Crippen LogP contribution in [0.4, 0.5) is 0 Å². The van der Waals surface area contributed by atoms with E-state index in [-0.39, 0.29) is 12.3 Å². The smallest absolute Gasteiger partial charge is 0.326 e. The lowest BCUT2D eigenvalue weighted by molar-refractivity contribution is -0.144. The van der Waals surface area contributed by atoms with Crippen LogP contribution in [-0.2, 0) is 28.8 Å². The maximum Gasteiger partial charge on any atom is 0.326 e. The Bertz CT molecular complexity index is 830. The lowest BCUT2D eigenvalue weighted by Crippen LogP contribution is -2.59. The van der Waals surface area contributed by atoms with Crippen LogP contribution in [0.1, 0.15) is 67.7 Å². The maximum atomic E-state index is 12.8. The fourth-order valence-electron chi connectivity index (χ4n) is 3.38. The molecule has 0 bridgehead atoms. The second-order valence-electron chi connectivity index (χ2n) is 10.3. The van der Waals surface area contributed by atoms with Gasteiger partial charge in [-0.15, -0.1) is 0 Å². The van der Waals surface area contributed by atoms with Gasteiger partial charge in [-0.25, -0.2) is 4.79 Å². The molecule has 8 N–H and O–H groups in total. The number of nitrogens with two attached hydrogens (primary N) is 1. The molecular formula is C24H43N5O8. The van der Waals surface area contributed by atoms with Crippen molar-refractivity contribution in [2.45, 2.75) is 97.9 Å². The first-order chi connectivity index (χ1) is 17.0. The van der Waals surface area contributed by atoms with E-state index in [9.17, 15) is 33.9 Å². The monoisotopic (exact) mass is 529 g/mol. The van der Waals surface area contributed by atoms with Crippen LogP contribution >= 0.6 is 0 Å². The highest BCUT2D eigenvalue weighted by Gasteiger charge is 2.32. The fourth-order valence-corrected chi connectivity index (χ4v) is 3.38. The van der Waals surface area contributed by atoms with Crippen molar-refractivity contribution in [2.75, 3.05) is 0 Å². The minimum Gasteiger partial charge on any atom is -0.481 e. The van der Waals surface area contributed by atoms with Crippen LogP contribution < -0.4 is 27.0 Å². The Morgan fingerprint density at radius 1 is 0.676 bits per heavy atom. The normalized spacial score (nSPS) is 15.3. The van der Waals surface area contributed by atoms with Gasteiger partial charge in [-0.1, -0.05) is 41.5 Å². The van der Waals surface area contributed by atoms with Crippen LogP contribution in [-0.4, -0.2) is 76.0 Å². The predicted molar refractivity (Wildman–Crippen MR) is 135 cm³/mol. The van der Waals surface area contributed by atoms with Crippen molar-refractivity contribution < 1.29 is 39.0 Å². The topological polar surface area (TPSA) is 217 Å². The number of rotatable bonds is 16. The summed E-state index contributed by atoms with van der Waals surface area (Å²) in [6.45, 7) is 11.7. The third-order valence-corrected chi connectivity index (χ3v) is 5.57. The molecule has 0 aromatic heterocycles. The number of carbonyl (C=O) groups is 6. The zero-order valence-electron chi connectivity index (χ0n) is 22.7. The van der Waals surface area contributed by atoms with Gasteiger partial charge in [0.1, 0.15) is 24.2 Å². The highest BCUT2D eigenvalue weighted by atomic mass is 16.4. The predicted octanol–water partition coefficient (Wildman–Crippen LogP) is -0.420. The molecular weight excluding hydrogens is 486 g/mol. The van der Waals surface area contributed by atoms with Gasteiger partial charge in [0.15, 0.2) is 0 Å². The van der Waals surface area contributed by atoms with Crippen molar-refractivity contribution in [3.05, 3.63) is 0 Å². The van der Waals surface area contributed by atoms with Gasteiger partial charge in [-0.2, -0.15) is 0 Å². The standard InChI is InChI=1S/C24H43N5O8/c1-11(2)10-15(25)21(33)27-16(8-9-17(30)31)22(34)26-14(7)20(32)28-18(12(3)4)23(35)29-19(13(5)6)24(36)37/h11-16,18-19H,8-10,25H2,1-7H3,(H,26,34)(H,27,33)(H,28,32)(H,29,35)(H,30,31)(H,36,37)/t14-,15-,16-,18-,19-/m0/s1. The Kier molecular flexibility index (Phi) is 14.4. The van der Waals surface area contributed by atoms with Gasteiger partial charge in [-0.3, -0.25) is 24.0 Å². The first-order valence-electron chi connectivity index (χ1n) is 12.4. The summed E-state index contributed by atoms with van der Waals surface area (Å²) in [7, 11) is 0. The van der Waals surface area contributed by atoms with E-state index in [0.29, 0.717) is 6.42 Å². The zero-order chi connectivity index (χ0) is 29.0. The SMILES string of the molecule is CC(C)C[C@H](N)C(=O)N[C@@H](CCC(=O)O)C(=O)N[C@@H](C)C(=O)N[C@H](C(=O)N[C@H](C(=O)O)C(C)C)C(C)C. The van der Waals surface area contributed by atoms with Gasteiger partial charge in [0.2, 0.25) is 23.6 Å². The molecule has 5 atom stereocenters.